The molecule has 0 atom stereocenters. The summed E-state index contributed by atoms with van der Waals surface area (Å²) in [6.07, 6.45) is 1.04. The van der Waals surface area contributed by atoms with Crippen molar-refractivity contribution in [2.45, 2.75) is 19.8 Å². The van der Waals surface area contributed by atoms with Crippen LogP contribution in [0.2, 0.25) is 0 Å². The van der Waals surface area contributed by atoms with Gasteiger partial charge in [-0.05, 0) is 43.2 Å². The summed E-state index contributed by atoms with van der Waals surface area (Å²) in [5.74, 6) is 2.53. The van der Waals surface area contributed by atoms with Gasteiger partial charge in [0.2, 0.25) is 0 Å². The average Bonchev–Trinajstić information content (AvgIpc) is 2.91. The van der Waals surface area contributed by atoms with Gasteiger partial charge in [0.15, 0.2) is 23.0 Å². The van der Waals surface area contributed by atoms with Crippen LogP contribution in [-0.4, -0.2) is 20.0 Å². The van der Waals surface area contributed by atoms with Crippen LogP contribution in [0.5, 0.6) is 11.5 Å². The second kappa shape index (κ2) is 6.28. The van der Waals surface area contributed by atoms with E-state index >= 15 is 0 Å². The summed E-state index contributed by atoms with van der Waals surface area (Å²) in [7, 11) is 3.19. The first-order valence-corrected chi connectivity index (χ1v) is 6.44. The Kier molecular flexibility index (Phi) is 4.45. The van der Waals surface area contributed by atoms with Gasteiger partial charge in [-0.3, -0.25) is 4.79 Å². The van der Waals surface area contributed by atoms with Crippen LogP contribution in [0.3, 0.4) is 0 Å². The second-order valence-electron chi connectivity index (χ2n) is 4.52. The van der Waals surface area contributed by atoms with E-state index < -0.39 is 0 Å². The van der Waals surface area contributed by atoms with Gasteiger partial charge in [0.25, 0.3) is 0 Å². The SMILES string of the molecule is COc1ccc(CCC(=O)c2ccc(C)o2)cc1OC. The Bertz CT molecular complexity index is 598. The predicted octanol–water partition coefficient (Wildman–Crippen LogP) is 3.42. The lowest BCUT2D eigenvalue weighted by Gasteiger charge is -2.09. The number of ether oxygens (including phenoxy) is 2. The molecule has 0 saturated heterocycles. The van der Waals surface area contributed by atoms with Crippen molar-refractivity contribution in [3.63, 3.8) is 0 Å². The zero-order valence-electron chi connectivity index (χ0n) is 11.9. The molecule has 0 saturated carbocycles. The lowest BCUT2D eigenvalue weighted by molar-refractivity contribution is 0.0954. The maximum Gasteiger partial charge on any atom is 0.198 e. The fourth-order valence-electron chi connectivity index (χ4n) is 2.00. The molecule has 0 aliphatic heterocycles. The Morgan fingerprint density at radius 1 is 1.10 bits per heavy atom. The Morgan fingerprint density at radius 3 is 2.45 bits per heavy atom. The smallest absolute Gasteiger partial charge is 0.198 e. The fourth-order valence-corrected chi connectivity index (χ4v) is 2.00. The molecule has 2 rings (SSSR count). The van der Waals surface area contributed by atoms with E-state index in [4.69, 9.17) is 13.9 Å². The van der Waals surface area contributed by atoms with Gasteiger partial charge in [0.1, 0.15) is 5.76 Å². The Hall–Kier alpha value is -2.23. The lowest BCUT2D eigenvalue weighted by Crippen LogP contribution is -2.00. The van der Waals surface area contributed by atoms with E-state index in [2.05, 4.69) is 0 Å². The molecule has 0 bridgehead atoms. The number of hydrogen-bond donors (Lipinski definition) is 0. The minimum Gasteiger partial charge on any atom is -0.493 e. The molecule has 20 heavy (non-hydrogen) atoms. The van der Waals surface area contributed by atoms with Crippen LogP contribution < -0.4 is 9.47 Å². The first kappa shape index (κ1) is 14.2. The van der Waals surface area contributed by atoms with Crippen molar-refractivity contribution < 1.29 is 18.7 Å². The Balaban J connectivity index is 2.02. The number of benzene rings is 1. The predicted molar refractivity (Wildman–Crippen MR) is 75.6 cm³/mol. The molecule has 106 valence electrons. The van der Waals surface area contributed by atoms with Gasteiger partial charge in [-0.1, -0.05) is 6.07 Å². The van der Waals surface area contributed by atoms with Gasteiger partial charge in [0, 0.05) is 6.42 Å². The minimum atomic E-state index is 0.00730. The number of rotatable bonds is 6. The molecule has 0 unspecified atom stereocenters. The van der Waals surface area contributed by atoms with E-state index in [1.54, 1.807) is 26.4 Å². The standard InChI is InChI=1S/C16H18O4/c1-11-4-8-14(20-11)13(17)7-5-12-6-9-15(18-2)16(10-12)19-3/h4,6,8-10H,5,7H2,1-3H3. The zero-order valence-corrected chi connectivity index (χ0v) is 11.9. The summed E-state index contributed by atoms with van der Waals surface area (Å²) < 4.78 is 15.7. The van der Waals surface area contributed by atoms with Crippen LogP contribution in [0, 0.1) is 6.92 Å². The van der Waals surface area contributed by atoms with Crippen molar-refractivity contribution in [2.75, 3.05) is 14.2 Å². The molecular weight excluding hydrogens is 256 g/mol. The molecule has 0 radical (unpaired) electrons. The molecule has 0 spiro atoms. The van der Waals surface area contributed by atoms with Gasteiger partial charge in [-0.25, -0.2) is 0 Å². The fraction of sp³-hybridized carbons (Fsp3) is 0.312. The van der Waals surface area contributed by atoms with E-state index in [9.17, 15) is 4.79 Å². The van der Waals surface area contributed by atoms with Gasteiger partial charge in [-0.2, -0.15) is 0 Å². The van der Waals surface area contributed by atoms with Gasteiger partial charge in [-0.15, -0.1) is 0 Å². The molecule has 0 N–H and O–H groups in total. The highest BCUT2D eigenvalue weighted by atomic mass is 16.5. The monoisotopic (exact) mass is 274 g/mol. The highest BCUT2D eigenvalue weighted by Gasteiger charge is 2.11. The zero-order chi connectivity index (χ0) is 14.5. The van der Waals surface area contributed by atoms with Crippen LogP contribution in [0.25, 0.3) is 0 Å². The van der Waals surface area contributed by atoms with Crippen molar-refractivity contribution in [1.29, 1.82) is 0 Å². The molecule has 1 heterocycles. The van der Waals surface area contributed by atoms with Crippen LogP contribution in [0.4, 0.5) is 0 Å². The van der Waals surface area contributed by atoms with Crippen LogP contribution in [0.1, 0.15) is 28.3 Å². The highest BCUT2D eigenvalue weighted by Crippen LogP contribution is 2.28. The number of ketones is 1. The summed E-state index contributed by atoms with van der Waals surface area (Å²) in [4.78, 5) is 12.0. The number of furan rings is 1. The molecule has 1 aromatic heterocycles. The van der Waals surface area contributed by atoms with Gasteiger partial charge < -0.3 is 13.9 Å². The molecule has 2 aromatic rings. The van der Waals surface area contributed by atoms with E-state index in [1.807, 2.05) is 25.1 Å². The van der Waals surface area contributed by atoms with E-state index in [-0.39, 0.29) is 5.78 Å². The average molecular weight is 274 g/mol. The van der Waals surface area contributed by atoms with Crippen LogP contribution in [-0.2, 0) is 6.42 Å². The summed E-state index contributed by atoms with van der Waals surface area (Å²) in [5.41, 5.74) is 1.03. The highest BCUT2D eigenvalue weighted by molar-refractivity contribution is 5.93. The maximum atomic E-state index is 12.0. The number of hydrogen-bond acceptors (Lipinski definition) is 4. The van der Waals surface area contributed by atoms with E-state index in [0.717, 1.165) is 11.3 Å². The Morgan fingerprint density at radius 2 is 1.85 bits per heavy atom. The number of aryl methyl sites for hydroxylation is 2. The third-order valence-electron chi connectivity index (χ3n) is 3.10. The third kappa shape index (κ3) is 3.20. The van der Waals surface area contributed by atoms with E-state index in [0.29, 0.717) is 30.1 Å². The van der Waals surface area contributed by atoms with Crippen molar-refractivity contribution in [1.82, 2.24) is 0 Å². The topological polar surface area (TPSA) is 48.7 Å². The number of carbonyl (C=O) groups excluding carboxylic acids is 1. The molecule has 4 heteroatoms. The molecule has 4 nitrogen and oxygen atoms in total. The summed E-state index contributed by atoms with van der Waals surface area (Å²) in [5, 5.41) is 0. The molecule has 0 amide bonds. The summed E-state index contributed by atoms with van der Waals surface area (Å²) in [6.45, 7) is 1.82. The minimum absolute atomic E-state index is 0.00730. The summed E-state index contributed by atoms with van der Waals surface area (Å²) >= 11 is 0. The van der Waals surface area contributed by atoms with Crippen molar-refractivity contribution in [3.8, 4) is 11.5 Å². The maximum absolute atomic E-state index is 12.0. The van der Waals surface area contributed by atoms with E-state index in [1.165, 1.54) is 0 Å². The molecule has 1 aromatic carbocycles. The van der Waals surface area contributed by atoms with Crippen LogP contribution >= 0.6 is 0 Å². The van der Waals surface area contributed by atoms with Gasteiger partial charge >= 0.3 is 0 Å². The summed E-state index contributed by atoms with van der Waals surface area (Å²) in [6, 6.07) is 9.17. The number of carbonyl (C=O) groups is 1. The largest absolute Gasteiger partial charge is 0.493 e. The van der Waals surface area contributed by atoms with Crippen LogP contribution in [0.15, 0.2) is 34.7 Å². The molecule has 0 fully saturated rings. The molecular formula is C16H18O4. The first-order chi connectivity index (χ1) is 9.63. The third-order valence-corrected chi connectivity index (χ3v) is 3.10. The van der Waals surface area contributed by atoms with Gasteiger partial charge in [0.05, 0.1) is 14.2 Å². The lowest BCUT2D eigenvalue weighted by atomic mass is 10.1. The van der Waals surface area contributed by atoms with Crippen molar-refractivity contribution in [3.05, 3.63) is 47.4 Å². The quantitative estimate of drug-likeness (QED) is 0.757. The Labute approximate surface area is 118 Å². The molecule has 0 aliphatic carbocycles. The second-order valence-corrected chi connectivity index (χ2v) is 4.52. The first-order valence-electron chi connectivity index (χ1n) is 6.44. The number of Topliss-reactive ketones (excluding diaryl/α,β-unsaturated/α-hetero) is 1. The van der Waals surface area contributed by atoms with Crippen molar-refractivity contribution >= 4 is 5.78 Å². The number of methoxy groups -OCH3 is 2. The van der Waals surface area contributed by atoms with Crippen molar-refractivity contribution in [2.24, 2.45) is 0 Å². The normalized spacial score (nSPS) is 10.3. The molecule has 0 aliphatic rings.